The van der Waals surface area contributed by atoms with E-state index >= 15 is 0 Å². The summed E-state index contributed by atoms with van der Waals surface area (Å²) in [6, 6.07) is 5.96. The van der Waals surface area contributed by atoms with E-state index in [4.69, 9.17) is 14.7 Å². The van der Waals surface area contributed by atoms with E-state index in [1.807, 2.05) is 0 Å². The first-order chi connectivity index (χ1) is 15.0. The Labute approximate surface area is 184 Å². The predicted octanol–water partition coefficient (Wildman–Crippen LogP) is 3.12. The van der Waals surface area contributed by atoms with Gasteiger partial charge in [0.25, 0.3) is 5.91 Å². The third-order valence-corrected chi connectivity index (χ3v) is 6.47. The molecule has 9 heteroatoms. The fourth-order valence-electron chi connectivity index (χ4n) is 3.55. The maximum absolute atomic E-state index is 13.8. The number of aryl methyl sites for hydroxylation is 2. The summed E-state index contributed by atoms with van der Waals surface area (Å²) in [6.07, 6.45) is 0. The first-order valence-corrected chi connectivity index (χ1v) is 11.2. The third-order valence-electron chi connectivity index (χ3n) is 5.37. The Kier molecular flexibility index (Phi) is 6.74. The molecular formula is C22H26FN5O2S. The molecule has 1 aliphatic heterocycles. The van der Waals surface area contributed by atoms with Gasteiger partial charge in [0.2, 0.25) is 0 Å². The number of morpholine rings is 1. The molecule has 0 unspecified atom stereocenters. The van der Waals surface area contributed by atoms with Crippen molar-refractivity contribution in [3.63, 3.8) is 0 Å². The highest BCUT2D eigenvalue weighted by atomic mass is 32.1. The minimum Gasteiger partial charge on any atom is -0.379 e. The number of hydrogen-bond donors (Lipinski definition) is 2. The number of carbonyl (C=O) groups excluding carboxylic acids is 1. The van der Waals surface area contributed by atoms with Crippen LogP contribution in [-0.2, 0) is 11.3 Å². The van der Waals surface area contributed by atoms with E-state index < -0.39 is 11.7 Å². The van der Waals surface area contributed by atoms with Crippen LogP contribution < -0.4 is 10.6 Å². The number of amides is 1. The van der Waals surface area contributed by atoms with Crippen LogP contribution in [0.1, 0.15) is 26.6 Å². The number of anilines is 1. The molecule has 1 aromatic carbocycles. The van der Waals surface area contributed by atoms with Gasteiger partial charge in [0.05, 0.1) is 30.7 Å². The second-order valence-electron chi connectivity index (χ2n) is 7.50. The van der Waals surface area contributed by atoms with Crippen LogP contribution in [0, 0.1) is 19.7 Å². The van der Waals surface area contributed by atoms with Gasteiger partial charge in [-0.3, -0.25) is 9.69 Å². The van der Waals surface area contributed by atoms with Crippen molar-refractivity contribution < 1.29 is 13.9 Å². The van der Waals surface area contributed by atoms with Gasteiger partial charge in [-0.2, -0.15) is 0 Å². The molecule has 31 heavy (non-hydrogen) atoms. The van der Waals surface area contributed by atoms with Crippen LogP contribution in [0.4, 0.5) is 10.2 Å². The molecule has 0 atom stereocenters. The summed E-state index contributed by atoms with van der Waals surface area (Å²) in [6.45, 7) is 8.85. The van der Waals surface area contributed by atoms with Crippen LogP contribution in [0.2, 0.25) is 0 Å². The minimum absolute atomic E-state index is 0.0454. The second-order valence-corrected chi connectivity index (χ2v) is 8.71. The first kappa shape index (κ1) is 21.6. The predicted molar refractivity (Wildman–Crippen MR) is 120 cm³/mol. The molecule has 7 nitrogen and oxygen atoms in total. The van der Waals surface area contributed by atoms with E-state index in [9.17, 15) is 9.18 Å². The van der Waals surface area contributed by atoms with Crippen molar-refractivity contribution >= 4 is 33.3 Å². The average Bonchev–Trinajstić information content (AvgIpc) is 3.05. The van der Waals surface area contributed by atoms with Gasteiger partial charge in [0, 0.05) is 31.1 Å². The SMILES string of the molecule is Cc1sc2nc(CN3CCOCC3)nc(NCCNC(=O)c3ccccc3F)c2c1C. The molecule has 0 aliphatic carbocycles. The van der Waals surface area contributed by atoms with Gasteiger partial charge in [-0.05, 0) is 31.5 Å². The number of benzene rings is 1. The Bertz CT molecular complexity index is 1080. The smallest absolute Gasteiger partial charge is 0.254 e. The van der Waals surface area contributed by atoms with Crippen molar-refractivity contribution in [2.24, 2.45) is 0 Å². The number of carbonyl (C=O) groups is 1. The quantitative estimate of drug-likeness (QED) is 0.547. The van der Waals surface area contributed by atoms with E-state index in [0.717, 1.165) is 53.7 Å². The lowest BCUT2D eigenvalue weighted by Crippen LogP contribution is -2.36. The standard InChI is InChI=1S/C22H26FN5O2S/c1-14-15(2)31-22-19(14)20(26-18(27-22)13-28-9-11-30-12-10-28)24-7-8-25-21(29)16-5-3-4-6-17(16)23/h3-6H,7-13H2,1-2H3,(H,25,29)(H,24,26,27). The summed E-state index contributed by atoms with van der Waals surface area (Å²) in [4.78, 5) is 26.2. The Morgan fingerprint density at radius 2 is 1.97 bits per heavy atom. The van der Waals surface area contributed by atoms with Gasteiger partial charge < -0.3 is 15.4 Å². The summed E-state index contributed by atoms with van der Waals surface area (Å²) in [5, 5.41) is 7.12. The van der Waals surface area contributed by atoms with Crippen molar-refractivity contribution in [2.75, 3.05) is 44.7 Å². The molecule has 0 saturated carbocycles. The van der Waals surface area contributed by atoms with Gasteiger partial charge >= 0.3 is 0 Å². The monoisotopic (exact) mass is 443 g/mol. The molecule has 164 valence electrons. The molecule has 3 heterocycles. The summed E-state index contributed by atoms with van der Waals surface area (Å²) < 4.78 is 19.2. The van der Waals surface area contributed by atoms with Crippen molar-refractivity contribution in [3.05, 3.63) is 51.9 Å². The number of thiophene rings is 1. The Balaban J connectivity index is 1.45. The molecule has 3 aromatic rings. The van der Waals surface area contributed by atoms with E-state index in [2.05, 4.69) is 29.4 Å². The number of nitrogens with one attached hydrogen (secondary N) is 2. The highest BCUT2D eigenvalue weighted by Gasteiger charge is 2.18. The van der Waals surface area contributed by atoms with Crippen LogP contribution in [-0.4, -0.2) is 60.2 Å². The topological polar surface area (TPSA) is 79.4 Å². The van der Waals surface area contributed by atoms with Gasteiger partial charge in [-0.25, -0.2) is 14.4 Å². The molecule has 0 radical (unpaired) electrons. The maximum atomic E-state index is 13.8. The lowest BCUT2D eigenvalue weighted by Gasteiger charge is -2.25. The summed E-state index contributed by atoms with van der Waals surface area (Å²) >= 11 is 1.67. The Morgan fingerprint density at radius 1 is 1.19 bits per heavy atom. The highest BCUT2D eigenvalue weighted by molar-refractivity contribution is 7.18. The van der Waals surface area contributed by atoms with Crippen LogP contribution in [0.25, 0.3) is 10.2 Å². The fourth-order valence-corrected chi connectivity index (χ4v) is 4.60. The second kappa shape index (κ2) is 9.67. The van der Waals surface area contributed by atoms with Gasteiger partial charge in [-0.15, -0.1) is 11.3 Å². The Hall–Kier alpha value is -2.62. The zero-order valence-corrected chi connectivity index (χ0v) is 18.5. The lowest BCUT2D eigenvalue weighted by atomic mass is 10.2. The number of fused-ring (bicyclic) bond motifs is 1. The van der Waals surface area contributed by atoms with Crippen molar-refractivity contribution in [3.8, 4) is 0 Å². The van der Waals surface area contributed by atoms with E-state index in [1.54, 1.807) is 23.5 Å². The zero-order valence-electron chi connectivity index (χ0n) is 17.7. The van der Waals surface area contributed by atoms with Gasteiger partial charge in [-0.1, -0.05) is 12.1 Å². The minimum atomic E-state index is -0.525. The van der Waals surface area contributed by atoms with E-state index in [0.29, 0.717) is 19.6 Å². The molecule has 2 aromatic heterocycles. The number of aromatic nitrogens is 2. The molecule has 1 fully saturated rings. The summed E-state index contributed by atoms with van der Waals surface area (Å²) in [7, 11) is 0. The van der Waals surface area contributed by atoms with Crippen LogP contribution >= 0.6 is 11.3 Å². The van der Waals surface area contributed by atoms with Crippen LogP contribution in [0.3, 0.4) is 0 Å². The summed E-state index contributed by atoms with van der Waals surface area (Å²) in [5.74, 6) is 0.592. The maximum Gasteiger partial charge on any atom is 0.254 e. The lowest BCUT2D eigenvalue weighted by molar-refractivity contribution is 0.0331. The zero-order chi connectivity index (χ0) is 21.8. The number of nitrogens with zero attached hydrogens (tertiary/aromatic N) is 3. The molecule has 0 bridgehead atoms. The average molecular weight is 444 g/mol. The summed E-state index contributed by atoms with van der Waals surface area (Å²) in [5.41, 5.74) is 1.21. The molecule has 1 saturated heterocycles. The van der Waals surface area contributed by atoms with Gasteiger partial charge in [0.15, 0.2) is 0 Å². The van der Waals surface area contributed by atoms with E-state index in [1.165, 1.54) is 17.0 Å². The van der Waals surface area contributed by atoms with Crippen molar-refractivity contribution in [1.82, 2.24) is 20.2 Å². The Morgan fingerprint density at radius 3 is 2.74 bits per heavy atom. The van der Waals surface area contributed by atoms with Crippen molar-refractivity contribution in [2.45, 2.75) is 20.4 Å². The number of ether oxygens (including phenoxy) is 1. The fraction of sp³-hybridized carbons (Fsp3) is 0.409. The molecule has 1 amide bonds. The first-order valence-electron chi connectivity index (χ1n) is 10.4. The van der Waals surface area contributed by atoms with E-state index in [-0.39, 0.29) is 5.56 Å². The molecule has 2 N–H and O–H groups in total. The number of hydrogen-bond acceptors (Lipinski definition) is 7. The van der Waals surface area contributed by atoms with Crippen LogP contribution in [0.5, 0.6) is 0 Å². The van der Waals surface area contributed by atoms with Crippen LogP contribution in [0.15, 0.2) is 24.3 Å². The number of halogens is 1. The largest absolute Gasteiger partial charge is 0.379 e. The third kappa shape index (κ3) is 5.00. The molecule has 0 spiro atoms. The molecular weight excluding hydrogens is 417 g/mol. The highest BCUT2D eigenvalue weighted by Crippen LogP contribution is 2.33. The molecule has 4 rings (SSSR count). The molecule has 1 aliphatic rings. The normalized spacial score (nSPS) is 14.7. The number of rotatable bonds is 7. The van der Waals surface area contributed by atoms with Crippen molar-refractivity contribution in [1.29, 1.82) is 0 Å². The van der Waals surface area contributed by atoms with Gasteiger partial charge in [0.1, 0.15) is 22.3 Å².